The number of nitrogens with zero attached hydrogens (tertiary/aromatic N) is 3. The van der Waals surface area contributed by atoms with Crippen LogP contribution in [0.4, 0.5) is 10.5 Å². The quantitative estimate of drug-likeness (QED) is 0.780. The normalized spacial score (nSPS) is 19.3. The van der Waals surface area contributed by atoms with Crippen LogP contribution in [-0.4, -0.2) is 44.6 Å². The van der Waals surface area contributed by atoms with Gasteiger partial charge >= 0.3 is 6.03 Å². The first kappa shape index (κ1) is 18.5. The summed E-state index contributed by atoms with van der Waals surface area (Å²) in [6.07, 6.45) is 5.73. The molecule has 8 heteroatoms. The molecule has 0 atom stereocenters. The van der Waals surface area contributed by atoms with Gasteiger partial charge in [-0.3, -0.25) is 19.6 Å². The van der Waals surface area contributed by atoms with Gasteiger partial charge in [0.25, 0.3) is 5.91 Å². The number of hydrogen-bond donors (Lipinski definition) is 2. The molecule has 2 aromatic rings. The minimum absolute atomic E-state index is 0.107. The van der Waals surface area contributed by atoms with Crippen LogP contribution in [0.5, 0.6) is 0 Å². The van der Waals surface area contributed by atoms with Gasteiger partial charge < -0.3 is 10.2 Å². The van der Waals surface area contributed by atoms with Crippen molar-refractivity contribution in [3.8, 4) is 0 Å². The lowest BCUT2D eigenvalue weighted by Gasteiger charge is -2.46. The standard InChI is InChI=1S/C20H25N5O3/c1-13(2)25-16-10-15(7-6-14(16)11-21-25)22-19(28)24-12-17(26)23-18(27)20(24)8-4-3-5-9-20/h6-7,10-11,13H,3-5,8-9,12H2,1-2H3,(H,22,28)(H,23,26,27). The van der Waals surface area contributed by atoms with E-state index in [1.807, 2.05) is 36.7 Å². The molecule has 28 heavy (non-hydrogen) atoms. The summed E-state index contributed by atoms with van der Waals surface area (Å²) in [4.78, 5) is 39.1. The van der Waals surface area contributed by atoms with Crippen LogP contribution in [0.15, 0.2) is 24.4 Å². The van der Waals surface area contributed by atoms with Gasteiger partial charge in [-0.1, -0.05) is 19.3 Å². The fourth-order valence-corrected chi connectivity index (χ4v) is 4.32. The molecule has 8 nitrogen and oxygen atoms in total. The molecule has 1 saturated heterocycles. The van der Waals surface area contributed by atoms with Gasteiger partial charge in [0.15, 0.2) is 0 Å². The Balaban J connectivity index is 1.62. The van der Waals surface area contributed by atoms with Crippen LogP contribution in [0.3, 0.4) is 0 Å². The van der Waals surface area contributed by atoms with Crippen LogP contribution >= 0.6 is 0 Å². The van der Waals surface area contributed by atoms with Gasteiger partial charge in [-0.25, -0.2) is 4.79 Å². The van der Waals surface area contributed by atoms with E-state index >= 15 is 0 Å². The summed E-state index contributed by atoms with van der Waals surface area (Å²) in [5, 5.41) is 10.7. The van der Waals surface area contributed by atoms with E-state index in [-0.39, 0.29) is 18.5 Å². The van der Waals surface area contributed by atoms with Gasteiger partial charge in [-0.05, 0) is 44.9 Å². The molecule has 148 valence electrons. The second kappa shape index (κ2) is 6.92. The summed E-state index contributed by atoms with van der Waals surface area (Å²) in [7, 11) is 0. The first-order valence-electron chi connectivity index (χ1n) is 9.81. The average Bonchev–Trinajstić information content (AvgIpc) is 3.09. The SMILES string of the molecule is CC(C)n1ncc2ccc(NC(=O)N3CC(=O)NC(=O)C34CCCCC4)cc21. The van der Waals surface area contributed by atoms with Crippen LogP contribution in [0.1, 0.15) is 52.0 Å². The van der Waals surface area contributed by atoms with Crippen molar-refractivity contribution in [2.45, 2.75) is 57.5 Å². The van der Waals surface area contributed by atoms with E-state index in [2.05, 4.69) is 15.7 Å². The third-order valence-corrected chi connectivity index (χ3v) is 5.76. The summed E-state index contributed by atoms with van der Waals surface area (Å²) < 4.78 is 1.89. The molecule has 1 aromatic carbocycles. The molecule has 1 aromatic heterocycles. The van der Waals surface area contributed by atoms with Crippen molar-refractivity contribution in [3.05, 3.63) is 24.4 Å². The number of piperazine rings is 1. The maximum absolute atomic E-state index is 13.1. The second-order valence-electron chi connectivity index (χ2n) is 7.94. The zero-order valence-corrected chi connectivity index (χ0v) is 16.2. The molecule has 1 aliphatic heterocycles. The van der Waals surface area contributed by atoms with Crippen molar-refractivity contribution in [2.75, 3.05) is 11.9 Å². The minimum atomic E-state index is -0.931. The monoisotopic (exact) mass is 383 g/mol. The smallest absolute Gasteiger partial charge is 0.308 e. The summed E-state index contributed by atoms with van der Waals surface area (Å²) in [6, 6.07) is 5.37. The van der Waals surface area contributed by atoms with Gasteiger partial charge in [0.1, 0.15) is 12.1 Å². The van der Waals surface area contributed by atoms with E-state index in [9.17, 15) is 14.4 Å². The number of hydrogen-bond acceptors (Lipinski definition) is 4. The molecule has 1 aliphatic carbocycles. The van der Waals surface area contributed by atoms with Crippen molar-refractivity contribution in [3.63, 3.8) is 0 Å². The molecule has 2 fully saturated rings. The number of carbonyl (C=O) groups is 3. The fraction of sp³-hybridized carbons (Fsp3) is 0.500. The zero-order valence-electron chi connectivity index (χ0n) is 16.2. The first-order valence-corrected chi connectivity index (χ1v) is 9.81. The van der Waals surface area contributed by atoms with Crippen molar-refractivity contribution in [1.82, 2.24) is 20.0 Å². The Bertz CT molecular complexity index is 942. The minimum Gasteiger partial charge on any atom is -0.308 e. The molecule has 4 amide bonds. The van der Waals surface area contributed by atoms with E-state index < -0.39 is 17.5 Å². The maximum atomic E-state index is 13.1. The van der Waals surface area contributed by atoms with E-state index in [1.165, 1.54) is 4.90 Å². The highest BCUT2D eigenvalue weighted by atomic mass is 16.2. The van der Waals surface area contributed by atoms with Crippen LogP contribution in [-0.2, 0) is 9.59 Å². The van der Waals surface area contributed by atoms with Gasteiger partial charge in [-0.15, -0.1) is 0 Å². The van der Waals surface area contributed by atoms with E-state index in [0.717, 1.165) is 30.2 Å². The first-order chi connectivity index (χ1) is 13.4. The molecule has 2 N–H and O–H groups in total. The Hall–Kier alpha value is -2.90. The topological polar surface area (TPSA) is 96.3 Å². The third-order valence-electron chi connectivity index (χ3n) is 5.76. The van der Waals surface area contributed by atoms with Gasteiger partial charge in [0, 0.05) is 17.1 Å². The van der Waals surface area contributed by atoms with Crippen LogP contribution in [0.25, 0.3) is 10.9 Å². The number of imide groups is 1. The summed E-state index contributed by atoms with van der Waals surface area (Å²) in [6.45, 7) is 3.98. The fourth-order valence-electron chi connectivity index (χ4n) is 4.32. The number of fused-ring (bicyclic) bond motifs is 1. The average molecular weight is 383 g/mol. The molecule has 2 heterocycles. The number of amides is 4. The Morgan fingerprint density at radius 3 is 2.68 bits per heavy atom. The Morgan fingerprint density at radius 2 is 1.96 bits per heavy atom. The molecule has 0 unspecified atom stereocenters. The number of anilines is 1. The predicted molar refractivity (Wildman–Crippen MR) is 105 cm³/mol. The van der Waals surface area contributed by atoms with Gasteiger partial charge in [-0.2, -0.15) is 5.10 Å². The van der Waals surface area contributed by atoms with Gasteiger partial charge in [0.2, 0.25) is 5.91 Å². The highest BCUT2D eigenvalue weighted by Crippen LogP contribution is 2.36. The lowest BCUT2D eigenvalue weighted by atomic mass is 9.78. The molecular weight excluding hydrogens is 358 g/mol. The summed E-state index contributed by atoms with van der Waals surface area (Å²) >= 11 is 0. The van der Waals surface area contributed by atoms with E-state index in [1.54, 1.807) is 6.20 Å². The highest BCUT2D eigenvalue weighted by molar-refractivity contribution is 6.08. The largest absolute Gasteiger partial charge is 0.323 e. The molecule has 1 saturated carbocycles. The van der Waals surface area contributed by atoms with Crippen molar-refractivity contribution < 1.29 is 14.4 Å². The van der Waals surface area contributed by atoms with Crippen molar-refractivity contribution in [1.29, 1.82) is 0 Å². The number of urea groups is 1. The zero-order chi connectivity index (χ0) is 19.9. The number of nitrogens with one attached hydrogen (secondary N) is 2. The van der Waals surface area contributed by atoms with Crippen molar-refractivity contribution in [2.24, 2.45) is 0 Å². The van der Waals surface area contributed by atoms with Crippen LogP contribution in [0, 0.1) is 0 Å². The molecule has 2 aliphatic rings. The van der Waals surface area contributed by atoms with E-state index in [0.29, 0.717) is 18.5 Å². The Labute approximate surface area is 163 Å². The predicted octanol–water partition coefficient (Wildman–Crippen LogP) is 2.81. The lowest BCUT2D eigenvalue weighted by molar-refractivity contribution is -0.146. The Morgan fingerprint density at radius 1 is 1.21 bits per heavy atom. The molecular formula is C20H25N5O3. The van der Waals surface area contributed by atoms with E-state index in [4.69, 9.17) is 0 Å². The highest BCUT2D eigenvalue weighted by Gasteiger charge is 2.51. The van der Waals surface area contributed by atoms with Gasteiger partial charge in [0.05, 0.1) is 11.7 Å². The molecule has 0 bridgehead atoms. The number of benzene rings is 1. The third kappa shape index (κ3) is 3.02. The molecule has 1 spiro atoms. The Kier molecular flexibility index (Phi) is 4.56. The second-order valence-corrected chi connectivity index (χ2v) is 7.94. The van der Waals surface area contributed by atoms with Crippen LogP contribution < -0.4 is 10.6 Å². The van der Waals surface area contributed by atoms with Crippen molar-refractivity contribution >= 4 is 34.4 Å². The summed E-state index contributed by atoms with van der Waals surface area (Å²) in [5.41, 5.74) is 0.608. The molecule has 4 rings (SSSR count). The number of aromatic nitrogens is 2. The number of carbonyl (C=O) groups excluding carboxylic acids is 3. The number of rotatable bonds is 2. The van der Waals surface area contributed by atoms with Crippen LogP contribution in [0.2, 0.25) is 0 Å². The maximum Gasteiger partial charge on any atom is 0.323 e. The summed E-state index contributed by atoms with van der Waals surface area (Å²) in [5.74, 6) is -0.795. The lowest BCUT2D eigenvalue weighted by Crippen LogP contribution is -2.69. The molecule has 0 radical (unpaired) electrons.